The Balaban J connectivity index is 1.82. The highest BCUT2D eigenvalue weighted by atomic mass is 16.5. The van der Waals surface area contributed by atoms with Gasteiger partial charge in [0.05, 0.1) is 18.4 Å². The van der Waals surface area contributed by atoms with Gasteiger partial charge in [0.1, 0.15) is 0 Å². The van der Waals surface area contributed by atoms with Crippen molar-refractivity contribution in [3.8, 4) is 0 Å². The van der Waals surface area contributed by atoms with Crippen LogP contribution in [-0.4, -0.2) is 24.9 Å². The summed E-state index contributed by atoms with van der Waals surface area (Å²) in [5.74, 6) is -0.815. The van der Waals surface area contributed by atoms with E-state index in [-0.39, 0.29) is 23.3 Å². The van der Waals surface area contributed by atoms with Gasteiger partial charge in [-0.2, -0.15) is 0 Å². The number of methoxy groups -OCH3 is 1. The Hall–Kier alpha value is -3.15. The summed E-state index contributed by atoms with van der Waals surface area (Å²) < 4.78 is 4.74. The topological polar surface area (TPSA) is 84.5 Å². The molecule has 0 atom stereocenters. The Morgan fingerprint density at radius 1 is 0.923 bits per heavy atom. The number of hydrogen-bond acceptors (Lipinski definition) is 4. The molecule has 0 aromatic heterocycles. The third-order valence-corrected chi connectivity index (χ3v) is 4.37. The molecule has 0 aliphatic heterocycles. The Bertz CT molecular complexity index is 872. The van der Waals surface area contributed by atoms with Gasteiger partial charge in [0.25, 0.3) is 5.91 Å². The molecule has 1 aliphatic carbocycles. The first-order valence-corrected chi connectivity index (χ1v) is 8.40. The maximum Gasteiger partial charge on any atom is 0.339 e. The zero-order valence-corrected chi connectivity index (χ0v) is 14.7. The number of anilines is 2. The average Bonchev–Trinajstić information content (AvgIpc) is 3.48. The van der Waals surface area contributed by atoms with E-state index in [1.807, 2.05) is 0 Å². The van der Waals surface area contributed by atoms with Gasteiger partial charge < -0.3 is 15.4 Å². The molecule has 1 saturated carbocycles. The van der Waals surface area contributed by atoms with E-state index in [2.05, 4.69) is 10.6 Å². The molecule has 1 aliphatic rings. The number of benzene rings is 2. The lowest BCUT2D eigenvalue weighted by atomic mass is 10.0. The van der Waals surface area contributed by atoms with Crippen molar-refractivity contribution < 1.29 is 19.1 Å². The smallest absolute Gasteiger partial charge is 0.339 e. The Morgan fingerprint density at radius 2 is 1.58 bits per heavy atom. The summed E-state index contributed by atoms with van der Waals surface area (Å²) in [4.78, 5) is 36.5. The zero-order chi connectivity index (χ0) is 18.7. The summed E-state index contributed by atoms with van der Waals surface area (Å²) >= 11 is 0. The normalized spacial score (nSPS) is 13.0. The number of para-hydroxylation sites is 1. The molecule has 0 bridgehead atoms. The lowest BCUT2D eigenvalue weighted by molar-refractivity contribution is -0.117. The van der Waals surface area contributed by atoms with E-state index in [9.17, 15) is 14.4 Å². The Morgan fingerprint density at radius 3 is 2.27 bits per heavy atom. The first-order chi connectivity index (χ1) is 12.5. The fourth-order valence-electron chi connectivity index (χ4n) is 2.67. The lowest BCUT2D eigenvalue weighted by Crippen LogP contribution is -2.18. The fourth-order valence-corrected chi connectivity index (χ4v) is 2.67. The van der Waals surface area contributed by atoms with Crippen LogP contribution >= 0.6 is 0 Å². The first kappa shape index (κ1) is 17.7. The van der Waals surface area contributed by atoms with E-state index < -0.39 is 5.97 Å². The monoisotopic (exact) mass is 352 g/mol. The first-order valence-electron chi connectivity index (χ1n) is 8.40. The molecule has 3 rings (SSSR count). The Labute approximate surface area is 151 Å². The van der Waals surface area contributed by atoms with Crippen molar-refractivity contribution in [3.05, 3.63) is 59.2 Å². The van der Waals surface area contributed by atoms with Crippen LogP contribution in [0, 0.1) is 12.8 Å². The van der Waals surface area contributed by atoms with Crippen LogP contribution in [0.25, 0.3) is 0 Å². The molecule has 2 aromatic carbocycles. The van der Waals surface area contributed by atoms with Gasteiger partial charge >= 0.3 is 5.97 Å². The molecular formula is C20H20N2O4. The number of amides is 2. The third-order valence-electron chi connectivity index (χ3n) is 4.37. The van der Waals surface area contributed by atoms with Crippen LogP contribution in [-0.2, 0) is 9.53 Å². The van der Waals surface area contributed by atoms with Crippen molar-refractivity contribution in [1.29, 1.82) is 0 Å². The molecule has 2 aromatic rings. The molecule has 0 heterocycles. The fraction of sp³-hybridized carbons (Fsp3) is 0.250. The van der Waals surface area contributed by atoms with Crippen LogP contribution in [0.3, 0.4) is 0 Å². The largest absolute Gasteiger partial charge is 0.465 e. The number of carbonyl (C=O) groups excluding carboxylic acids is 3. The van der Waals surface area contributed by atoms with Crippen molar-refractivity contribution in [1.82, 2.24) is 0 Å². The summed E-state index contributed by atoms with van der Waals surface area (Å²) in [6.45, 7) is 1.78. The number of esters is 1. The molecule has 2 N–H and O–H groups in total. The predicted octanol–water partition coefficient (Wildman–Crippen LogP) is 3.38. The molecule has 0 unspecified atom stereocenters. The second kappa shape index (κ2) is 7.39. The molecule has 0 saturated heterocycles. The SMILES string of the molecule is COC(=O)c1ccccc1NC(=O)c1cccc(NC(=O)C2CC2)c1C. The highest BCUT2D eigenvalue weighted by Gasteiger charge is 2.30. The van der Waals surface area contributed by atoms with Crippen LogP contribution in [0.1, 0.15) is 39.1 Å². The highest BCUT2D eigenvalue weighted by Crippen LogP contribution is 2.31. The van der Waals surface area contributed by atoms with Crippen LogP contribution in [0.15, 0.2) is 42.5 Å². The third kappa shape index (κ3) is 3.74. The minimum Gasteiger partial charge on any atom is -0.465 e. The standard InChI is InChI=1S/C20H20N2O4/c1-12-14(7-5-9-16(12)21-18(23)13-10-11-13)19(24)22-17-8-4-3-6-15(17)20(25)26-2/h3-9,13H,10-11H2,1-2H3,(H,21,23)(H,22,24). The maximum absolute atomic E-state index is 12.7. The number of ether oxygens (including phenoxy) is 1. The van der Waals surface area contributed by atoms with E-state index in [1.165, 1.54) is 7.11 Å². The van der Waals surface area contributed by atoms with Gasteiger partial charge in [-0.15, -0.1) is 0 Å². The second-order valence-electron chi connectivity index (χ2n) is 6.23. The van der Waals surface area contributed by atoms with E-state index in [0.29, 0.717) is 22.5 Å². The average molecular weight is 352 g/mol. The van der Waals surface area contributed by atoms with Gasteiger partial charge in [-0.25, -0.2) is 4.79 Å². The molecule has 0 spiro atoms. The highest BCUT2D eigenvalue weighted by molar-refractivity contribution is 6.09. The number of nitrogens with one attached hydrogen (secondary N) is 2. The van der Waals surface area contributed by atoms with Crippen LogP contribution in [0.5, 0.6) is 0 Å². The summed E-state index contributed by atoms with van der Waals surface area (Å²) in [7, 11) is 1.29. The quantitative estimate of drug-likeness (QED) is 0.808. The van der Waals surface area contributed by atoms with Crippen molar-refractivity contribution in [2.75, 3.05) is 17.7 Å². The van der Waals surface area contributed by atoms with E-state index in [0.717, 1.165) is 12.8 Å². The number of hydrogen-bond donors (Lipinski definition) is 2. The van der Waals surface area contributed by atoms with Crippen LogP contribution in [0.4, 0.5) is 11.4 Å². The number of carbonyl (C=O) groups is 3. The maximum atomic E-state index is 12.7. The van der Waals surface area contributed by atoms with Crippen molar-refractivity contribution >= 4 is 29.2 Å². The summed E-state index contributed by atoms with van der Waals surface area (Å²) in [6, 6.07) is 11.8. The minimum absolute atomic E-state index is 0.0123. The van der Waals surface area contributed by atoms with Gasteiger partial charge in [0.15, 0.2) is 0 Å². The minimum atomic E-state index is -0.525. The molecule has 26 heavy (non-hydrogen) atoms. The molecular weight excluding hydrogens is 332 g/mol. The molecule has 6 heteroatoms. The van der Waals surface area contributed by atoms with Gasteiger partial charge in [0, 0.05) is 17.2 Å². The van der Waals surface area contributed by atoms with Crippen molar-refractivity contribution in [2.24, 2.45) is 5.92 Å². The van der Waals surface area contributed by atoms with E-state index >= 15 is 0 Å². The van der Waals surface area contributed by atoms with E-state index in [4.69, 9.17) is 4.74 Å². The Kier molecular flexibility index (Phi) is 5.02. The van der Waals surface area contributed by atoms with Gasteiger partial charge in [-0.05, 0) is 49.6 Å². The summed E-state index contributed by atoms with van der Waals surface area (Å²) in [6.07, 6.45) is 1.82. The number of rotatable bonds is 5. The molecule has 1 fully saturated rings. The van der Waals surface area contributed by atoms with Crippen molar-refractivity contribution in [2.45, 2.75) is 19.8 Å². The molecule has 6 nitrogen and oxygen atoms in total. The lowest BCUT2D eigenvalue weighted by Gasteiger charge is -2.14. The summed E-state index contributed by atoms with van der Waals surface area (Å²) in [5, 5.41) is 5.62. The van der Waals surface area contributed by atoms with Gasteiger partial charge in [0.2, 0.25) is 5.91 Å². The zero-order valence-electron chi connectivity index (χ0n) is 14.7. The van der Waals surface area contributed by atoms with Crippen LogP contribution in [0.2, 0.25) is 0 Å². The second-order valence-corrected chi connectivity index (χ2v) is 6.23. The molecule has 2 amide bonds. The van der Waals surface area contributed by atoms with Gasteiger partial charge in [-0.3, -0.25) is 9.59 Å². The predicted molar refractivity (Wildman–Crippen MR) is 98.3 cm³/mol. The van der Waals surface area contributed by atoms with Crippen molar-refractivity contribution in [3.63, 3.8) is 0 Å². The summed E-state index contributed by atoms with van der Waals surface area (Å²) in [5.41, 5.74) is 2.37. The van der Waals surface area contributed by atoms with Gasteiger partial charge in [-0.1, -0.05) is 18.2 Å². The molecule has 134 valence electrons. The van der Waals surface area contributed by atoms with Crippen LogP contribution < -0.4 is 10.6 Å². The molecule has 0 radical (unpaired) electrons. The van der Waals surface area contributed by atoms with E-state index in [1.54, 1.807) is 49.4 Å².